The Kier molecular flexibility index (Phi) is 4.30. The highest BCUT2D eigenvalue weighted by molar-refractivity contribution is 5.81. The topological polar surface area (TPSA) is 115 Å². The molecule has 0 aliphatic carbocycles. The van der Waals surface area contributed by atoms with Gasteiger partial charge in [0, 0.05) is 31.8 Å². The van der Waals surface area contributed by atoms with Crippen molar-refractivity contribution >= 4 is 11.7 Å². The Morgan fingerprint density at radius 3 is 2.63 bits per heavy atom. The summed E-state index contributed by atoms with van der Waals surface area (Å²) in [6, 6.07) is 3.88. The molecule has 3 aromatic rings. The van der Waals surface area contributed by atoms with Gasteiger partial charge in [-0.1, -0.05) is 0 Å². The van der Waals surface area contributed by atoms with Crippen LogP contribution in [0.1, 0.15) is 23.2 Å². The Morgan fingerprint density at radius 1 is 1.19 bits per heavy atom. The number of nitrogens with zero attached hydrogens (tertiary/aromatic N) is 7. The molecular formula is C17H20N8O2. The molecule has 1 saturated heterocycles. The molecule has 1 N–H and O–H groups in total. The third kappa shape index (κ3) is 3.50. The van der Waals surface area contributed by atoms with E-state index < -0.39 is 0 Å². The predicted molar refractivity (Wildman–Crippen MR) is 95.2 cm³/mol. The fourth-order valence-electron chi connectivity index (χ4n) is 3.03. The summed E-state index contributed by atoms with van der Waals surface area (Å²) in [4.78, 5) is 22.9. The number of aryl methyl sites for hydroxylation is 3. The smallest absolute Gasteiger partial charge is 0.235 e. The predicted octanol–water partition coefficient (Wildman–Crippen LogP) is 0.723. The summed E-state index contributed by atoms with van der Waals surface area (Å²) in [5.74, 6) is 2.25. The monoisotopic (exact) mass is 368 g/mol. The summed E-state index contributed by atoms with van der Waals surface area (Å²) in [7, 11) is 0. The SMILES string of the molecule is Cc1cc(C)n(-c2cc(N3CC(C(=O)NCc4nnc(C)o4)C3)ncn2)n1. The van der Waals surface area contributed by atoms with E-state index in [-0.39, 0.29) is 18.4 Å². The first-order valence-electron chi connectivity index (χ1n) is 8.67. The molecule has 0 unspecified atom stereocenters. The molecule has 1 fully saturated rings. The summed E-state index contributed by atoms with van der Waals surface area (Å²) >= 11 is 0. The van der Waals surface area contributed by atoms with E-state index in [2.05, 4.69) is 30.6 Å². The normalized spacial score (nSPS) is 14.3. The van der Waals surface area contributed by atoms with Crippen LogP contribution in [0.3, 0.4) is 0 Å². The van der Waals surface area contributed by atoms with Crippen LogP contribution in [0, 0.1) is 26.7 Å². The first-order chi connectivity index (χ1) is 13.0. The van der Waals surface area contributed by atoms with Crippen LogP contribution >= 0.6 is 0 Å². The zero-order chi connectivity index (χ0) is 19.0. The van der Waals surface area contributed by atoms with Crippen LogP contribution in [-0.4, -0.2) is 48.9 Å². The number of nitrogens with one attached hydrogen (secondary N) is 1. The van der Waals surface area contributed by atoms with Crippen molar-refractivity contribution in [3.8, 4) is 5.82 Å². The van der Waals surface area contributed by atoms with Gasteiger partial charge in [-0.05, 0) is 19.9 Å². The molecule has 4 heterocycles. The Balaban J connectivity index is 1.36. The molecule has 0 radical (unpaired) electrons. The molecule has 1 aliphatic rings. The van der Waals surface area contributed by atoms with Crippen molar-refractivity contribution in [2.45, 2.75) is 27.3 Å². The third-order valence-electron chi connectivity index (χ3n) is 4.42. The fourth-order valence-corrected chi connectivity index (χ4v) is 3.03. The van der Waals surface area contributed by atoms with Crippen LogP contribution in [0.25, 0.3) is 5.82 Å². The minimum absolute atomic E-state index is 0.0325. The van der Waals surface area contributed by atoms with Crippen LogP contribution in [0.15, 0.2) is 22.9 Å². The molecule has 10 heteroatoms. The van der Waals surface area contributed by atoms with Crippen LogP contribution < -0.4 is 10.2 Å². The van der Waals surface area contributed by atoms with Crippen LogP contribution in [0.5, 0.6) is 0 Å². The molecule has 4 rings (SSSR count). The molecule has 0 saturated carbocycles. The molecule has 0 aromatic carbocycles. The molecule has 1 amide bonds. The van der Waals surface area contributed by atoms with Crippen molar-refractivity contribution in [2.24, 2.45) is 5.92 Å². The second-order valence-corrected chi connectivity index (χ2v) is 6.61. The molecule has 1 aliphatic heterocycles. The highest BCUT2D eigenvalue weighted by atomic mass is 16.4. The number of aromatic nitrogens is 6. The van der Waals surface area contributed by atoms with E-state index in [1.54, 1.807) is 11.6 Å². The second-order valence-electron chi connectivity index (χ2n) is 6.61. The molecule has 140 valence electrons. The lowest BCUT2D eigenvalue weighted by Crippen LogP contribution is -2.54. The molecule has 10 nitrogen and oxygen atoms in total. The third-order valence-corrected chi connectivity index (χ3v) is 4.42. The van der Waals surface area contributed by atoms with Gasteiger partial charge in [-0.15, -0.1) is 10.2 Å². The largest absolute Gasteiger partial charge is 0.424 e. The van der Waals surface area contributed by atoms with Crippen LogP contribution in [0.2, 0.25) is 0 Å². The Bertz CT molecular complexity index is 973. The molecule has 0 atom stereocenters. The van der Waals surface area contributed by atoms with Gasteiger partial charge in [-0.3, -0.25) is 4.79 Å². The number of carbonyl (C=O) groups excluding carboxylic acids is 1. The first-order valence-corrected chi connectivity index (χ1v) is 8.67. The van der Waals surface area contributed by atoms with Crippen LogP contribution in [-0.2, 0) is 11.3 Å². The lowest BCUT2D eigenvalue weighted by molar-refractivity contribution is -0.126. The van der Waals surface area contributed by atoms with Gasteiger partial charge in [0.15, 0.2) is 5.82 Å². The second kappa shape index (κ2) is 6.78. The summed E-state index contributed by atoms with van der Waals surface area (Å²) in [5, 5.41) is 14.9. The van der Waals surface area contributed by atoms with E-state index in [1.165, 1.54) is 6.33 Å². The number of carbonyl (C=O) groups is 1. The maximum absolute atomic E-state index is 12.2. The van der Waals surface area contributed by atoms with Crippen molar-refractivity contribution in [1.29, 1.82) is 0 Å². The fraction of sp³-hybridized carbons (Fsp3) is 0.412. The average molecular weight is 368 g/mol. The van der Waals surface area contributed by atoms with Gasteiger partial charge < -0.3 is 14.6 Å². The molecule has 27 heavy (non-hydrogen) atoms. The number of hydrogen-bond donors (Lipinski definition) is 1. The zero-order valence-corrected chi connectivity index (χ0v) is 15.4. The lowest BCUT2D eigenvalue weighted by Gasteiger charge is -2.39. The zero-order valence-electron chi connectivity index (χ0n) is 15.4. The van der Waals surface area contributed by atoms with E-state index in [9.17, 15) is 4.79 Å². The van der Waals surface area contributed by atoms with Crippen molar-refractivity contribution in [2.75, 3.05) is 18.0 Å². The Labute approximate surface area is 155 Å². The lowest BCUT2D eigenvalue weighted by atomic mass is 9.99. The molecule has 0 spiro atoms. The maximum atomic E-state index is 12.2. The average Bonchev–Trinajstić information content (AvgIpc) is 3.16. The first kappa shape index (κ1) is 17.1. The number of hydrogen-bond acceptors (Lipinski definition) is 8. The van der Waals surface area contributed by atoms with E-state index >= 15 is 0 Å². The van der Waals surface area contributed by atoms with E-state index in [0.717, 1.165) is 17.2 Å². The van der Waals surface area contributed by atoms with Gasteiger partial charge in [0.2, 0.25) is 17.7 Å². The minimum atomic E-state index is -0.0962. The maximum Gasteiger partial charge on any atom is 0.235 e. The van der Waals surface area contributed by atoms with Gasteiger partial charge in [-0.2, -0.15) is 5.10 Å². The van der Waals surface area contributed by atoms with Gasteiger partial charge in [-0.25, -0.2) is 14.6 Å². The van der Waals surface area contributed by atoms with Crippen molar-refractivity contribution in [3.63, 3.8) is 0 Å². The Hall–Kier alpha value is -3.30. The molecule has 0 bridgehead atoms. The van der Waals surface area contributed by atoms with Gasteiger partial charge in [0.05, 0.1) is 18.2 Å². The summed E-state index contributed by atoms with van der Waals surface area (Å²) in [5.41, 5.74) is 1.94. The standard InChI is InChI=1S/C17H20N8O2/c1-10-4-11(2)25(23-10)15-5-14(19-9-20-15)24-7-13(8-24)17(26)18-6-16-22-21-12(3)27-16/h4-5,9,13H,6-8H2,1-3H3,(H,18,26). The van der Waals surface area contributed by atoms with Gasteiger partial charge in [0.1, 0.15) is 12.1 Å². The molecular weight excluding hydrogens is 348 g/mol. The quantitative estimate of drug-likeness (QED) is 0.701. The van der Waals surface area contributed by atoms with Gasteiger partial charge >= 0.3 is 0 Å². The Morgan fingerprint density at radius 2 is 1.96 bits per heavy atom. The van der Waals surface area contributed by atoms with E-state index in [1.807, 2.05) is 30.9 Å². The number of rotatable bonds is 5. The number of anilines is 1. The number of amides is 1. The van der Waals surface area contributed by atoms with Gasteiger partial charge in [0.25, 0.3) is 0 Å². The summed E-state index contributed by atoms with van der Waals surface area (Å²) in [6.07, 6.45) is 1.52. The highest BCUT2D eigenvalue weighted by Gasteiger charge is 2.33. The van der Waals surface area contributed by atoms with Crippen molar-refractivity contribution in [1.82, 2.24) is 35.3 Å². The summed E-state index contributed by atoms with van der Waals surface area (Å²) in [6.45, 7) is 7.08. The molecule has 3 aromatic heterocycles. The highest BCUT2D eigenvalue weighted by Crippen LogP contribution is 2.24. The minimum Gasteiger partial charge on any atom is -0.424 e. The summed E-state index contributed by atoms with van der Waals surface area (Å²) < 4.78 is 7.04. The van der Waals surface area contributed by atoms with E-state index in [0.29, 0.717) is 30.7 Å². The van der Waals surface area contributed by atoms with E-state index in [4.69, 9.17) is 4.42 Å². The van der Waals surface area contributed by atoms with Crippen molar-refractivity contribution in [3.05, 3.63) is 41.6 Å². The van der Waals surface area contributed by atoms with Crippen LogP contribution in [0.4, 0.5) is 5.82 Å². The van der Waals surface area contributed by atoms with Crippen molar-refractivity contribution < 1.29 is 9.21 Å².